The lowest BCUT2D eigenvalue weighted by Crippen LogP contribution is -2.15. The molecule has 0 aromatic heterocycles. The number of allylic oxidation sites excluding steroid dienone is 2. The topological polar surface area (TPSA) is 52.6 Å². The molecule has 0 saturated carbocycles. The fourth-order valence-corrected chi connectivity index (χ4v) is 1.29. The molecule has 0 fully saturated rings. The normalized spacial score (nSPS) is 18.6. The fourth-order valence-electron chi connectivity index (χ4n) is 1.29. The van der Waals surface area contributed by atoms with Crippen molar-refractivity contribution in [3.63, 3.8) is 0 Å². The lowest BCUT2D eigenvalue weighted by atomic mass is 10.1. The van der Waals surface area contributed by atoms with Crippen molar-refractivity contribution in [1.82, 2.24) is 0 Å². The Labute approximate surface area is 94.2 Å². The third-order valence-corrected chi connectivity index (χ3v) is 2.04. The minimum atomic E-state index is -0.538. The van der Waals surface area contributed by atoms with Crippen LogP contribution in [-0.4, -0.2) is 25.7 Å². The highest BCUT2D eigenvalue weighted by Crippen LogP contribution is 2.14. The highest BCUT2D eigenvalue weighted by Gasteiger charge is 2.18. The minimum absolute atomic E-state index is 0.317. The van der Waals surface area contributed by atoms with Gasteiger partial charge in [-0.15, -0.1) is 0 Å². The van der Waals surface area contributed by atoms with Gasteiger partial charge in [0.15, 0.2) is 0 Å². The van der Waals surface area contributed by atoms with Gasteiger partial charge in [-0.1, -0.05) is 24.3 Å². The molecule has 1 atom stereocenters. The Morgan fingerprint density at radius 3 is 2.75 bits per heavy atom. The van der Waals surface area contributed by atoms with Gasteiger partial charge in [-0.3, -0.25) is 4.79 Å². The summed E-state index contributed by atoms with van der Waals surface area (Å²) in [4.78, 5) is 22.8. The van der Waals surface area contributed by atoms with Gasteiger partial charge in [-0.05, 0) is 13.0 Å². The molecule has 0 spiro atoms. The van der Waals surface area contributed by atoms with Crippen molar-refractivity contribution in [3.05, 3.63) is 36.0 Å². The molecular formula is C12H14O4. The minimum Gasteiger partial charge on any atom is -0.465 e. The number of carbonyl (C=O) groups excluding carboxylic acids is 2. The summed E-state index contributed by atoms with van der Waals surface area (Å²) in [5.74, 6) is -1.37. The number of carbonyl (C=O) groups is 2. The van der Waals surface area contributed by atoms with Crippen molar-refractivity contribution in [3.8, 4) is 0 Å². The van der Waals surface area contributed by atoms with Crippen molar-refractivity contribution in [1.29, 1.82) is 0 Å². The van der Waals surface area contributed by atoms with Crippen LogP contribution in [0.2, 0.25) is 0 Å². The van der Waals surface area contributed by atoms with E-state index in [1.807, 2.05) is 0 Å². The van der Waals surface area contributed by atoms with Crippen LogP contribution in [-0.2, 0) is 19.1 Å². The Morgan fingerprint density at radius 2 is 2.12 bits per heavy atom. The molecule has 0 amide bonds. The van der Waals surface area contributed by atoms with Crippen molar-refractivity contribution in [2.75, 3.05) is 13.7 Å². The second-order valence-corrected chi connectivity index (χ2v) is 3.14. The van der Waals surface area contributed by atoms with E-state index in [0.29, 0.717) is 12.2 Å². The molecule has 0 aromatic carbocycles. The predicted molar refractivity (Wildman–Crippen MR) is 58.5 cm³/mol. The lowest BCUT2D eigenvalue weighted by molar-refractivity contribution is -0.144. The maximum absolute atomic E-state index is 11.5. The molecule has 86 valence electrons. The van der Waals surface area contributed by atoms with Gasteiger partial charge in [-0.25, -0.2) is 4.79 Å². The zero-order chi connectivity index (χ0) is 12.0. The van der Waals surface area contributed by atoms with Gasteiger partial charge >= 0.3 is 11.9 Å². The van der Waals surface area contributed by atoms with Gasteiger partial charge in [0, 0.05) is 0 Å². The summed E-state index contributed by atoms with van der Waals surface area (Å²) in [6.07, 6.45) is 8.19. The highest BCUT2D eigenvalue weighted by atomic mass is 16.5. The van der Waals surface area contributed by atoms with E-state index in [1.165, 1.54) is 13.2 Å². The van der Waals surface area contributed by atoms with E-state index in [-0.39, 0.29) is 5.97 Å². The van der Waals surface area contributed by atoms with Gasteiger partial charge < -0.3 is 9.47 Å². The molecule has 0 bridgehead atoms. The molecule has 4 nitrogen and oxygen atoms in total. The number of esters is 2. The number of hydrogen-bond acceptors (Lipinski definition) is 4. The molecular weight excluding hydrogens is 208 g/mol. The van der Waals surface area contributed by atoms with E-state index in [9.17, 15) is 9.59 Å². The van der Waals surface area contributed by atoms with Gasteiger partial charge in [0.1, 0.15) is 0 Å². The number of hydrogen-bond donors (Lipinski definition) is 0. The summed E-state index contributed by atoms with van der Waals surface area (Å²) in [6.45, 7) is 2.06. The first-order valence-corrected chi connectivity index (χ1v) is 5.00. The Hall–Kier alpha value is -1.84. The van der Waals surface area contributed by atoms with E-state index >= 15 is 0 Å². The monoisotopic (exact) mass is 222 g/mol. The van der Waals surface area contributed by atoms with Crippen LogP contribution in [0.25, 0.3) is 0 Å². The second kappa shape index (κ2) is 5.90. The maximum atomic E-state index is 11.5. The summed E-state index contributed by atoms with van der Waals surface area (Å²) in [5.41, 5.74) is 0.352. The molecule has 0 N–H and O–H groups in total. The van der Waals surface area contributed by atoms with Crippen molar-refractivity contribution < 1.29 is 19.1 Å². The molecule has 0 aromatic rings. The zero-order valence-corrected chi connectivity index (χ0v) is 9.30. The number of ether oxygens (including phenoxy) is 2. The van der Waals surface area contributed by atoms with Crippen LogP contribution in [0.3, 0.4) is 0 Å². The van der Waals surface area contributed by atoms with Gasteiger partial charge in [0.05, 0.1) is 25.2 Å². The van der Waals surface area contributed by atoms with Gasteiger partial charge in [0.2, 0.25) is 0 Å². The first-order valence-electron chi connectivity index (χ1n) is 5.00. The van der Waals surface area contributed by atoms with Crippen LogP contribution in [0.15, 0.2) is 36.0 Å². The highest BCUT2D eigenvalue weighted by molar-refractivity contribution is 5.93. The standard InChI is InChI=1S/C12H14O4/c1-3-16-12(14)10-7-5-4-6-9(8-10)11(13)15-2/h4-8,10H,3H2,1-2H3. The summed E-state index contributed by atoms with van der Waals surface area (Å²) < 4.78 is 9.48. The molecule has 16 heavy (non-hydrogen) atoms. The quantitative estimate of drug-likeness (QED) is 0.677. The molecule has 0 aliphatic heterocycles. The predicted octanol–water partition coefficient (Wildman–Crippen LogP) is 1.39. The molecule has 1 aliphatic rings. The zero-order valence-electron chi connectivity index (χ0n) is 9.30. The Bertz CT molecular complexity index is 363. The number of rotatable bonds is 3. The average Bonchev–Trinajstić information content (AvgIpc) is 2.54. The summed E-state index contributed by atoms with van der Waals surface area (Å²) >= 11 is 0. The van der Waals surface area contributed by atoms with Gasteiger partial charge in [-0.2, -0.15) is 0 Å². The summed E-state index contributed by atoms with van der Waals surface area (Å²) in [5, 5.41) is 0. The number of methoxy groups -OCH3 is 1. The Morgan fingerprint density at radius 1 is 1.38 bits per heavy atom. The smallest absolute Gasteiger partial charge is 0.337 e. The first-order chi connectivity index (χ1) is 7.69. The van der Waals surface area contributed by atoms with E-state index in [0.717, 1.165) is 0 Å². The molecule has 1 unspecified atom stereocenters. The van der Waals surface area contributed by atoms with Crippen LogP contribution < -0.4 is 0 Å². The van der Waals surface area contributed by atoms with Crippen LogP contribution in [0.5, 0.6) is 0 Å². The molecule has 1 rings (SSSR count). The third-order valence-electron chi connectivity index (χ3n) is 2.04. The van der Waals surface area contributed by atoms with Crippen LogP contribution in [0.1, 0.15) is 6.92 Å². The van der Waals surface area contributed by atoms with E-state index in [4.69, 9.17) is 4.74 Å². The fraction of sp³-hybridized carbons (Fsp3) is 0.333. The van der Waals surface area contributed by atoms with Crippen LogP contribution in [0, 0.1) is 5.92 Å². The Kier molecular flexibility index (Phi) is 4.51. The van der Waals surface area contributed by atoms with Crippen molar-refractivity contribution in [2.24, 2.45) is 5.92 Å². The third kappa shape index (κ3) is 3.08. The van der Waals surface area contributed by atoms with Gasteiger partial charge in [0.25, 0.3) is 0 Å². The SMILES string of the molecule is CCOC(=O)C1C=CC=CC(C(=O)OC)=C1. The molecule has 0 heterocycles. The van der Waals surface area contributed by atoms with Crippen LogP contribution in [0.4, 0.5) is 0 Å². The van der Waals surface area contributed by atoms with Crippen molar-refractivity contribution in [2.45, 2.75) is 6.92 Å². The molecule has 4 heteroatoms. The molecule has 0 radical (unpaired) electrons. The van der Waals surface area contributed by atoms with E-state index in [2.05, 4.69) is 4.74 Å². The van der Waals surface area contributed by atoms with E-state index in [1.54, 1.807) is 31.2 Å². The molecule has 0 saturated heterocycles. The first kappa shape index (κ1) is 12.2. The van der Waals surface area contributed by atoms with Crippen molar-refractivity contribution >= 4 is 11.9 Å². The van der Waals surface area contributed by atoms with Crippen LogP contribution >= 0.6 is 0 Å². The summed E-state index contributed by atoms with van der Waals surface area (Å²) in [6, 6.07) is 0. The Balaban J connectivity index is 2.86. The largest absolute Gasteiger partial charge is 0.465 e. The average molecular weight is 222 g/mol. The lowest BCUT2D eigenvalue weighted by Gasteiger charge is -2.07. The van der Waals surface area contributed by atoms with E-state index < -0.39 is 11.9 Å². The maximum Gasteiger partial charge on any atom is 0.337 e. The second-order valence-electron chi connectivity index (χ2n) is 3.14. The summed E-state index contributed by atoms with van der Waals surface area (Å²) in [7, 11) is 1.30. The molecule has 1 aliphatic carbocycles.